The molecule has 1 fully saturated rings. The van der Waals surface area contributed by atoms with Gasteiger partial charge in [0.2, 0.25) is 5.91 Å². The molecule has 0 spiro atoms. The highest BCUT2D eigenvalue weighted by Gasteiger charge is 2.32. The minimum absolute atomic E-state index is 0. The van der Waals surface area contributed by atoms with E-state index in [0.717, 1.165) is 30.4 Å². The normalized spacial score (nSPS) is 15.8. The zero-order valence-corrected chi connectivity index (χ0v) is 16.7. The van der Waals surface area contributed by atoms with E-state index in [2.05, 4.69) is 31.9 Å². The Balaban J connectivity index is 0.00000312. The summed E-state index contributed by atoms with van der Waals surface area (Å²) in [6.07, 6.45) is 1.93. The monoisotopic (exact) mass is 433 g/mol. The van der Waals surface area contributed by atoms with Crippen molar-refractivity contribution in [2.75, 3.05) is 39.9 Å². The van der Waals surface area contributed by atoms with Gasteiger partial charge in [0.25, 0.3) is 5.91 Å². The number of carbonyl (C=O) groups is 2. The van der Waals surface area contributed by atoms with E-state index < -0.39 is 0 Å². The summed E-state index contributed by atoms with van der Waals surface area (Å²) in [7, 11) is 1.68. The highest BCUT2D eigenvalue weighted by atomic mass is 79.9. The van der Waals surface area contributed by atoms with Crippen LogP contribution in [-0.2, 0) is 9.53 Å². The van der Waals surface area contributed by atoms with Crippen LogP contribution in [0.1, 0.15) is 23.2 Å². The second kappa shape index (κ2) is 10.8. The quantitative estimate of drug-likeness (QED) is 0.611. The van der Waals surface area contributed by atoms with Gasteiger partial charge in [0.15, 0.2) is 0 Å². The van der Waals surface area contributed by atoms with Crippen LogP contribution in [0.25, 0.3) is 0 Å². The van der Waals surface area contributed by atoms with E-state index in [1.54, 1.807) is 25.3 Å². The van der Waals surface area contributed by atoms with Gasteiger partial charge in [-0.15, -0.1) is 12.4 Å². The van der Waals surface area contributed by atoms with Crippen LogP contribution in [0.15, 0.2) is 28.7 Å². The maximum Gasteiger partial charge on any atom is 0.251 e. The van der Waals surface area contributed by atoms with Crippen LogP contribution in [0.2, 0.25) is 0 Å². The number of methoxy groups -OCH3 is 1. The first kappa shape index (κ1) is 21.9. The van der Waals surface area contributed by atoms with Gasteiger partial charge in [0.05, 0.1) is 13.2 Å². The first-order valence-corrected chi connectivity index (χ1v) is 8.84. The number of carbonyl (C=O) groups excluding carboxylic acids is 2. The van der Waals surface area contributed by atoms with Crippen LogP contribution in [0.3, 0.4) is 0 Å². The van der Waals surface area contributed by atoms with E-state index in [1.807, 2.05) is 6.07 Å². The molecule has 1 aromatic carbocycles. The van der Waals surface area contributed by atoms with Gasteiger partial charge in [0, 0.05) is 29.1 Å². The highest BCUT2D eigenvalue weighted by molar-refractivity contribution is 9.10. The van der Waals surface area contributed by atoms with Gasteiger partial charge in [-0.25, -0.2) is 0 Å². The molecule has 6 nitrogen and oxygen atoms in total. The molecule has 140 valence electrons. The Bertz CT molecular complexity index is 575. The molecule has 1 aromatic rings. The summed E-state index contributed by atoms with van der Waals surface area (Å²) >= 11 is 3.32. The largest absolute Gasteiger partial charge is 0.384 e. The Labute approximate surface area is 163 Å². The fraction of sp³-hybridized carbons (Fsp3) is 0.529. The number of benzene rings is 1. The van der Waals surface area contributed by atoms with Crippen LogP contribution in [0, 0.1) is 5.41 Å². The van der Waals surface area contributed by atoms with Crippen molar-refractivity contribution in [3.05, 3.63) is 34.3 Å². The van der Waals surface area contributed by atoms with Crippen molar-refractivity contribution in [1.82, 2.24) is 16.0 Å². The summed E-state index contributed by atoms with van der Waals surface area (Å²) in [4.78, 5) is 24.1. The molecule has 1 saturated heterocycles. The summed E-state index contributed by atoms with van der Waals surface area (Å²) in [5, 5.41) is 8.89. The average Bonchev–Trinajstić information content (AvgIpc) is 2.59. The molecule has 0 aliphatic carbocycles. The minimum atomic E-state index is -0.264. The molecule has 0 unspecified atom stereocenters. The molecule has 25 heavy (non-hydrogen) atoms. The zero-order chi connectivity index (χ0) is 17.4. The number of rotatable bonds is 7. The first-order valence-electron chi connectivity index (χ1n) is 8.05. The molecule has 0 atom stereocenters. The van der Waals surface area contributed by atoms with Gasteiger partial charge in [-0.3, -0.25) is 9.59 Å². The molecule has 0 bridgehead atoms. The van der Waals surface area contributed by atoms with Gasteiger partial charge in [-0.05, 0) is 44.1 Å². The van der Waals surface area contributed by atoms with Crippen LogP contribution >= 0.6 is 28.3 Å². The molecule has 1 aliphatic rings. The second-order valence-corrected chi connectivity index (χ2v) is 7.07. The molecule has 0 saturated carbocycles. The number of hydrogen-bond donors (Lipinski definition) is 3. The maximum absolute atomic E-state index is 12.0. The van der Waals surface area contributed by atoms with Crippen LogP contribution in [-0.4, -0.2) is 51.7 Å². The third-order valence-electron chi connectivity index (χ3n) is 4.27. The lowest BCUT2D eigenvalue weighted by molar-refractivity contribution is -0.121. The van der Waals surface area contributed by atoms with E-state index in [0.29, 0.717) is 18.7 Å². The Kier molecular flexibility index (Phi) is 9.42. The smallest absolute Gasteiger partial charge is 0.251 e. The van der Waals surface area contributed by atoms with Gasteiger partial charge in [-0.1, -0.05) is 22.0 Å². The first-order chi connectivity index (χ1) is 11.5. The Morgan fingerprint density at radius 2 is 2.00 bits per heavy atom. The fourth-order valence-electron chi connectivity index (χ4n) is 2.88. The minimum Gasteiger partial charge on any atom is -0.384 e. The SMILES string of the molecule is COCC1(CNC(=O)CNC(=O)c2cccc(Br)c2)CCNCC1.Cl. The Morgan fingerprint density at radius 3 is 2.64 bits per heavy atom. The lowest BCUT2D eigenvalue weighted by Gasteiger charge is -2.37. The van der Waals surface area contributed by atoms with Crippen LogP contribution in [0.4, 0.5) is 0 Å². The third-order valence-corrected chi connectivity index (χ3v) is 4.76. The van der Waals surface area contributed by atoms with Crippen molar-refractivity contribution < 1.29 is 14.3 Å². The van der Waals surface area contributed by atoms with Crippen molar-refractivity contribution in [3.8, 4) is 0 Å². The summed E-state index contributed by atoms with van der Waals surface area (Å²) in [6.45, 7) is 3.01. The van der Waals surface area contributed by atoms with Crippen molar-refractivity contribution in [1.29, 1.82) is 0 Å². The summed E-state index contributed by atoms with van der Waals surface area (Å²) in [6, 6.07) is 7.05. The molecule has 3 N–H and O–H groups in total. The van der Waals surface area contributed by atoms with E-state index >= 15 is 0 Å². The number of ether oxygens (including phenoxy) is 1. The number of piperidine rings is 1. The molecule has 2 amide bonds. The summed E-state index contributed by atoms with van der Waals surface area (Å²) in [5.41, 5.74) is 0.496. The highest BCUT2D eigenvalue weighted by Crippen LogP contribution is 2.28. The van der Waals surface area contributed by atoms with Crippen molar-refractivity contribution in [2.24, 2.45) is 5.41 Å². The van der Waals surface area contributed by atoms with E-state index in [1.165, 1.54) is 0 Å². The predicted molar refractivity (Wildman–Crippen MR) is 103 cm³/mol. The second-order valence-electron chi connectivity index (χ2n) is 6.15. The number of halogens is 2. The Morgan fingerprint density at radius 1 is 1.28 bits per heavy atom. The van der Waals surface area contributed by atoms with E-state index in [4.69, 9.17) is 4.74 Å². The standard InChI is InChI=1S/C17H24BrN3O3.ClH/c1-24-12-17(5-7-19-8-6-17)11-21-15(22)10-20-16(23)13-3-2-4-14(18)9-13;/h2-4,9,19H,5-8,10-12H2,1H3,(H,20,23)(H,21,22);1H. The average molecular weight is 435 g/mol. The summed E-state index contributed by atoms with van der Waals surface area (Å²) < 4.78 is 6.16. The molecule has 1 aliphatic heterocycles. The molecule has 0 radical (unpaired) electrons. The molecular weight excluding hydrogens is 410 g/mol. The number of amides is 2. The molecule has 2 rings (SSSR count). The van der Waals surface area contributed by atoms with E-state index in [-0.39, 0.29) is 36.2 Å². The third kappa shape index (κ3) is 6.93. The number of hydrogen-bond acceptors (Lipinski definition) is 4. The maximum atomic E-state index is 12.0. The topological polar surface area (TPSA) is 79.5 Å². The molecule has 1 heterocycles. The summed E-state index contributed by atoms with van der Waals surface area (Å²) in [5.74, 6) is -0.452. The van der Waals surface area contributed by atoms with Crippen molar-refractivity contribution >= 4 is 40.2 Å². The van der Waals surface area contributed by atoms with Gasteiger partial charge in [-0.2, -0.15) is 0 Å². The van der Waals surface area contributed by atoms with Gasteiger partial charge >= 0.3 is 0 Å². The molecule has 0 aromatic heterocycles. The molecular formula is C17H25BrClN3O3. The lowest BCUT2D eigenvalue weighted by atomic mass is 9.79. The van der Waals surface area contributed by atoms with Crippen LogP contribution in [0.5, 0.6) is 0 Å². The Hall–Kier alpha value is -1.15. The van der Waals surface area contributed by atoms with Gasteiger partial charge < -0.3 is 20.7 Å². The van der Waals surface area contributed by atoms with Crippen molar-refractivity contribution in [3.63, 3.8) is 0 Å². The van der Waals surface area contributed by atoms with E-state index in [9.17, 15) is 9.59 Å². The molecule has 8 heteroatoms. The number of nitrogens with one attached hydrogen (secondary N) is 3. The van der Waals surface area contributed by atoms with Gasteiger partial charge in [0.1, 0.15) is 0 Å². The predicted octanol–water partition coefficient (Wildman–Crippen LogP) is 1.73. The fourth-order valence-corrected chi connectivity index (χ4v) is 3.28. The van der Waals surface area contributed by atoms with Crippen molar-refractivity contribution in [2.45, 2.75) is 12.8 Å². The lowest BCUT2D eigenvalue weighted by Crippen LogP contribution is -2.48. The zero-order valence-electron chi connectivity index (χ0n) is 14.3. The van der Waals surface area contributed by atoms with Crippen LogP contribution < -0.4 is 16.0 Å².